The van der Waals surface area contributed by atoms with Crippen LogP contribution in [-0.2, 0) is 4.74 Å². The molecule has 164 valence electrons. The summed E-state index contributed by atoms with van der Waals surface area (Å²) in [5.41, 5.74) is 2.22. The Bertz CT molecular complexity index is 909. The molecule has 1 aliphatic carbocycles. The number of piperazine rings is 1. The van der Waals surface area contributed by atoms with Crippen LogP contribution in [0.25, 0.3) is 11.3 Å². The number of carbonyl (C=O) groups is 1. The third kappa shape index (κ3) is 3.96. The van der Waals surface area contributed by atoms with Crippen LogP contribution in [0.4, 0.5) is 10.6 Å². The molecule has 2 saturated heterocycles. The van der Waals surface area contributed by atoms with Gasteiger partial charge in [0.15, 0.2) is 0 Å². The summed E-state index contributed by atoms with van der Waals surface area (Å²) >= 11 is 0. The van der Waals surface area contributed by atoms with Gasteiger partial charge in [0.2, 0.25) is 0 Å². The standard InChI is InChI=1S/C23H30N6O2/c1-2-31-22(30)29-9-5-23(17-29)14-18(15-23)27-10-12-28(13-11-27)21-19(4-3-6-26-21)20-16-24-7-8-25-20/h3-4,6-8,16,18H,2,5,9-15,17H2,1H3/t18-,23-. The summed E-state index contributed by atoms with van der Waals surface area (Å²) in [7, 11) is 0. The minimum atomic E-state index is -0.147. The van der Waals surface area contributed by atoms with E-state index < -0.39 is 0 Å². The zero-order valence-corrected chi connectivity index (χ0v) is 18.1. The molecule has 2 aromatic rings. The van der Waals surface area contributed by atoms with Gasteiger partial charge in [-0.3, -0.25) is 14.9 Å². The Kier molecular flexibility index (Phi) is 5.48. The molecule has 2 aromatic heterocycles. The third-order valence-corrected chi connectivity index (χ3v) is 7.06. The molecule has 3 aliphatic rings. The predicted molar refractivity (Wildman–Crippen MR) is 118 cm³/mol. The van der Waals surface area contributed by atoms with E-state index >= 15 is 0 Å². The lowest BCUT2D eigenvalue weighted by Gasteiger charge is -2.52. The minimum Gasteiger partial charge on any atom is -0.450 e. The zero-order valence-electron chi connectivity index (χ0n) is 18.1. The van der Waals surface area contributed by atoms with Gasteiger partial charge in [-0.05, 0) is 43.7 Å². The number of amides is 1. The summed E-state index contributed by atoms with van der Waals surface area (Å²) in [6.07, 6.45) is 10.4. The Morgan fingerprint density at radius 1 is 1.13 bits per heavy atom. The van der Waals surface area contributed by atoms with Crippen LogP contribution in [0.3, 0.4) is 0 Å². The van der Waals surface area contributed by atoms with Crippen molar-refractivity contribution in [1.82, 2.24) is 24.8 Å². The number of ether oxygens (including phenoxy) is 1. The molecule has 0 unspecified atom stereocenters. The van der Waals surface area contributed by atoms with E-state index in [1.165, 1.54) is 12.8 Å². The normalized spacial score (nSPS) is 26.2. The average molecular weight is 423 g/mol. The Hall–Kier alpha value is -2.74. The summed E-state index contributed by atoms with van der Waals surface area (Å²) in [5.74, 6) is 0.994. The molecule has 0 N–H and O–H groups in total. The monoisotopic (exact) mass is 422 g/mol. The van der Waals surface area contributed by atoms with Gasteiger partial charge in [0, 0.05) is 69.5 Å². The lowest BCUT2D eigenvalue weighted by Crippen LogP contribution is -2.58. The first kappa shape index (κ1) is 20.2. The van der Waals surface area contributed by atoms with E-state index in [4.69, 9.17) is 4.74 Å². The number of rotatable bonds is 4. The molecule has 5 rings (SSSR count). The number of aromatic nitrogens is 3. The van der Waals surface area contributed by atoms with Crippen molar-refractivity contribution in [2.45, 2.75) is 32.2 Å². The SMILES string of the molecule is CCOC(=O)N1CC[C@]2(C1)C[C@H](N1CCN(c3ncccc3-c3cnccn3)CC1)C2. The van der Waals surface area contributed by atoms with Crippen LogP contribution in [0.5, 0.6) is 0 Å². The molecular formula is C23H30N6O2. The van der Waals surface area contributed by atoms with Crippen molar-refractivity contribution in [2.24, 2.45) is 5.41 Å². The van der Waals surface area contributed by atoms with Gasteiger partial charge in [-0.2, -0.15) is 0 Å². The highest BCUT2D eigenvalue weighted by Gasteiger charge is 2.51. The Balaban J connectivity index is 1.17. The van der Waals surface area contributed by atoms with Gasteiger partial charge in [0.05, 0.1) is 18.5 Å². The zero-order chi connectivity index (χ0) is 21.3. The Morgan fingerprint density at radius 2 is 1.97 bits per heavy atom. The largest absolute Gasteiger partial charge is 0.450 e. The molecule has 31 heavy (non-hydrogen) atoms. The quantitative estimate of drug-likeness (QED) is 0.750. The Labute approximate surface area is 183 Å². The lowest BCUT2D eigenvalue weighted by atomic mass is 9.64. The summed E-state index contributed by atoms with van der Waals surface area (Å²) in [4.78, 5) is 32.3. The molecule has 4 heterocycles. The summed E-state index contributed by atoms with van der Waals surface area (Å²) in [6.45, 7) is 8.01. The maximum Gasteiger partial charge on any atom is 0.409 e. The maximum atomic E-state index is 12.0. The topological polar surface area (TPSA) is 74.7 Å². The van der Waals surface area contributed by atoms with Crippen molar-refractivity contribution < 1.29 is 9.53 Å². The Morgan fingerprint density at radius 3 is 2.71 bits per heavy atom. The van der Waals surface area contributed by atoms with Gasteiger partial charge >= 0.3 is 6.09 Å². The number of nitrogens with zero attached hydrogens (tertiary/aromatic N) is 6. The molecule has 1 spiro atoms. The van der Waals surface area contributed by atoms with E-state index in [2.05, 4.69) is 30.8 Å². The van der Waals surface area contributed by atoms with Gasteiger partial charge in [-0.15, -0.1) is 0 Å². The predicted octanol–water partition coefficient (Wildman–Crippen LogP) is 2.67. The first-order valence-corrected chi connectivity index (χ1v) is 11.3. The third-order valence-electron chi connectivity index (χ3n) is 7.06. The maximum absolute atomic E-state index is 12.0. The number of likely N-dealkylation sites (tertiary alicyclic amines) is 1. The first-order chi connectivity index (χ1) is 15.2. The van der Waals surface area contributed by atoms with Gasteiger partial charge < -0.3 is 14.5 Å². The summed E-state index contributed by atoms with van der Waals surface area (Å²) in [5, 5.41) is 0. The van der Waals surface area contributed by atoms with Crippen LogP contribution >= 0.6 is 0 Å². The summed E-state index contributed by atoms with van der Waals surface area (Å²) in [6, 6.07) is 4.66. The van der Waals surface area contributed by atoms with E-state index in [0.29, 0.717) is 18.1 Å². The van der Waals surface area contributed by atoms with Crippen LogP contribution in [0.2, 0.25) is 0 Å². The van der Waals surface area contributed by atoms with E-state index in [-0.39, 0.29) is 6.09 Å². The number of hydrogen-bond donors (Lipinski definition) is 0. The van der Waals surface area contributed by atoms with Gasteiger partial charge in [-0.1, -0.05) is 0 Å². The number of anilines is 1. The fraction of sp³-hybridized carbons (Fsp3) is 0.565. The lowest BCUT2D eigenvalue weighted by molar-refractivity contribution is 0.00386. The van der Waals surface area contributed by atoms with Crippen molar-refractivity contribution in [1.29, 1.82) is 0 Å². The average Bonchev–Trinajstić information content (AvgIpc) is 3.25. The highest BCUT2D eigenvalue weighted by atomic mass is 16.6. The fourth-order valence-corrected chi connectivity index (χ4v) is 5.42. The second-order valence-corrected chi connectivity index (χ2v) is 8.92. The molecule has 2 aliphatic heterocycles. The molecule has 3 fully saturated rings. The number of hydrogen-bond acceptors (Lipinski definition) is 7. The molecule has 1 amide bonds. The fourth-order valence-electron chi connectivity index (χ4n) is 5.42. The van der Waals surface area contributed by atoms with Crippen molar-refractivity contribution in [3.05, 3.63) is 36.9 Å². The highest BCUT2D eigenvalue weighted by Crippen LogP contribution is 2.50. The molecule has 1 saturated carbocycles. The van der Waals surface area contributed by atoms with Crippen LogP contribution in [0, 0.1) is 5.41 Å². The molecule has 0 radical (unpaired) electrons. The molecule has 0 atom stereocenters. The van der Waals surface area contributed by atoms with Crippen molar-refractivity contribution in [2.75, 3.05) is 50.8 Å². The van der Waals surface area contributed by atoms with Crippen molar-refractivity contribution in [3.8, 4) is 11.3 Å². The second-order valence-electron chi connectivity index (χ2n) is 8.92. The molecule has 0 aromatic carbocycles. The smallest absolute Gasteiger partial charge is 0.409 e. The van der Waals surface area contributed by atoms with E-state index in [1.54, 1.807) is 18.6 Å². The van der Waals surface area contributed by atoms with Crippen LogP contribution < -0.4 is 4.90 Å². The van der Waals surface area contributed by atoms with E-state index in [0.717, 1.165) is 62.8 Å². The van der Waals surface area contributed by atoms with Gasteiger partial charge in [-0.25, -0.2) is 9.78 Å². The van der Waals surface area contributed by atoms with Crippen LogP contribution in [0.1, 0.15) is 26.2 Å². The van der Waals surface area contributed by atoms with E-state index in [9.17, 15) is 4.79 Å². The minimum absolute atomic E-state index is 0.147. The second kappa shape index (κ2) is 8.42. The first-order valence-electron chi connectivity index (χ1n) is 11.3. The number of carbonyl (C=O) groups excluding carboxylic acids is 1. The molecule has 0 bridgehead atoms. The van der Waals surface area contributed by atoms with E-state index in [1.807, 2.05) is 24.1 Å². The van der Waals surface area contributed by atoms with Crippen LogP contribution in [0.15, 0.2) is 36.9 Å². The van der Waals surface area contributed by atoms with Gasteiger partial charge in [0.25, 0.3) is 0 Å². The van der Waals surface area contributed by atoms with Crippen LogP contribution in [-0.4, -0.2) is 82.8 Å². The summed E-state index contributed by atoms with van der Waals surface area (Å²) < 4.78 is 5.18. The van der Waals surface area contributed by atoms with Crippen molar-refractivity contribution >= 4 is 11.9 Å². The number of pyridine rings is 1. The molecular weight excluding hydrogens is 392 g/mol. The van der Waals surface area contributed by atoms with Gasteiger partial charge in [0.1, 0.15) is 5.82 Å². The highest BCUT2D eigenvalue weighted by molar-refractivity contribution is 5.72. The van der Waals surface area contributed by atoms with Crippen molar-refractivity contribution in [3.63, 3.8) is 0 Å². The molecule has 8 nitrogen and oxygen atoms in total. The molecule has 8 heteroatoms.